The number of hydrogen-bond donors (Lipinski definition) is 3. The third-order valence-corrected chi connectivity index (χ3v) is 2.44. The van der Waals surface area contributed by atoms with Gasteiger partial charge in [0, 0.05) is 12.2 Å². The van der Waals surface area contributed by atoms with Crippen molar-refractivity contribution in [2.45, 2.75) is 13.1 Å². The van der Waals surface area contributed by atoms with Crippen molar-refractivity contribution in [2.24, 2.45) is 10.9 Å². The molecule has 1 amide bonds. The van der Waals surface area contributed by atoms with E-state index in [0.717, 1.165) is 12.1 Å². The van der Waals surface area contributed by atoms with Crippen LogP contribution >= 0.6 is 0 Å². The first kappa shape index (κ1) is 16.8. The number of amidine groups is 1. The minimum atomic E-state index is -4.58. The van der Waals surface area contributed by atoms with Crippen LogP contribution in [0.25, 0.3) is 0 Å². The van der Waals surface area contributed by atoms with Gasteiger partial charge in [-0.25, -0.2) is 0 Å². The van der Waals surface area contributed by atoms with Crippen molar-refractivity contribution >= 4 is 17.4 Å². The number of nitrogens with zero attached hydrogens (tertiary/aromatic N) is 1. The number of nitrogens with one attached hydrogen (secondary N) is 1. The highest BCUT2D eigenvalue weighted by molar-refractivity contribution is 6.05. The van der Waals surface area contributed by atoms with E-state index in [-0.39, 0.29) is 17.9 Å². The Morgan fingerprint density at radius 2 is 2.14 bits per heavy atom. The summed E-state index contributed by atoms with van der Waals surface area (Å²) >= 11 is 0. The van der Waals surface area contributed by atoms with E-state index >= 15 is 0 Å². The summed E-state index contributed by atoms with van der Waals surface area (Å²) in [5, 5.41) is 13.6. The van der Waals surface area contributed by atoms with Crippen LogP contribution in [-0.2, 0) is 15.7 Å². The van der Waals surface area contributed by atoms with E-state index < -0.39 is 23.5 Å². The molecule has 9 heteroatoms. The van der Waals surface area contributed by atoms with Gasteiger partial charge in [-0.3, -0.25) is 4.79 Å². The number of carbonyl (C=O) groups excluding carboxylic acids is 1. The number of oxime groups is 1. The second kappa shape index (κ2) is 6.93. The molecule has 116 valence electrons. The fourth-order valence-electron chi connectivity index (χ4n) is 1.48. The van der Waals surface area contributed by atoms with Gasteiger partial charge in [-0.05, 0) is 25.1 Å². The molecule has 0 aliphatic rings. The maximum atomic E-state index is 12.6. The molecule has 0 aromatic heterocycles. The van der Waals surface area contributed by atoms with Crippen molar-refractivity contribution in [1.29, 1.82) is 0 Å². The third-order valence-electron chi connectivity index (χ3n) is 2.44. The van der Waals surface area contributed by atoms with Crippen LogP contribution < -0.4 is 11.1 Å². The van der Waals surface area contributed by atoms with Gasteiger partial charge < -0.3 is 21.0 Å². The highest BCUT2D eigenvalue weighted by atomic mass is 19.4. The van der Waals surface area contributed by atoms with E-state index in [1.54, 1.807) is 6.92 Å². The minimum Gasteiger partial charge on any atom is -0.409 e. The normalized spacial score (nSPS) is 12.3. The van der Waals surface area contributed by atoms with Crippen LogP contribution in [0.3, 0.4) is 0 Å². The first-order valence-electron chi connectivity index (χ1n) is 5.86. The molecule has 0 saturated carbocycles. The Balaban J connectivity index is 3.11. The number of halogens is 3. The number of hydrogen-bond acceptors (Lipinski definition) is 4. The maximum absolute atomic E-state index is 12.6. The molecule has 0 bridgehead atoms. The van der Waals surface area contributed by atoms with Gasteiger partial charge in [0.15, 0.2) is 5.84 Å². The Bertz CT molecular complexity index is 544. The number of carbonyl (C=O) groups is 1. The van der Waals surface area contributed by atoms with Crippen LogP contribution in [0.2, 0.25) is 0 Å². The van der Waals surface area contributed by atoms with Crippen LogP contribution in [0.5, 0.6) is 0 Å². The molecule has 0 unspecified atom stereocenters. The van der Waals surface area contributed by atoms with Gasteiger partial charge in [-0.15, -0.1) is 0 Å². The van der Waals surface area contributed by atoms with Crippen molar-refractivity contribution in [3.05, 3.63) is 29.3 Å². The van der Waals surface area contributed by atoms with Gasteiger partial charge >= 0.3 is 6.18 Å². The molecule has 0 radical (unpaired) electrons. The Hall–Kier alpha value is -2.29. The first-order valence-corrected chi connectivity index (χ1v) is 5.86. The molecular weight excluding hydrogens is 291 g/mol. The van der Waals surface area contributed by atoms with Gasteiger partial charge in [-0.2, -0.15) is 13.2 Å². The van der Waals surface area contributed by atoms with E-state index in [4.69, 9.17) is 15.7 Å². The lowest BCUT2D eigenvalue weighted by Gasteiger charge is -2.13. The van der Waals surface area contributed by atoms with Crippen molar-refractivity contribution in [3.8, 4) is 0 Å². The first-order chi connectivity index (χ1) is 9.79. The average molecular weight is 305 g/mol. The summed E-state index contributed by atoms with van der Waals surface area (Å²) in [6, 6.07) is 2.50. The number of ether oxygens (including phenoxy) is 1. The summed E-state index contributed by atoms with van der Waals surface area (Å²) in [4.78, 5) is 11.5. The smallest absolute Gasteiger partial charge is 0.409 e. The molecule has 0 spiro atoms. The molecular formula is C12H14F3N3O3. The Kier molecular flexibility index (Phi) is 5.53. The highest BCUT2D eigenvalue weighted by Gasteiger charge is 2.31. The summed E-state index contributed by atoms with van der Waals surface area (Å²) in [6.07, 6.45) is -4.58. The summed E-state index contributed by atoms with van der Waals surface area (Å²) in [5.74, 6) is -1.11. The van der Waals surface area contributed by atoms with Gasteiger partial charge in [0.25, 0.3) is 0 Å². The molecule has 6 nitrogen and oxygen atoms in total. The topological polar surface area (TPSA) is 96.9 Å². The fraction of sp³-hybridized carbons (Fsp3) is 0.333. The lowest BCUT2D eigenvalue weighted by atomic mass is 10.1. The van der Waals surface area contributed by atoms with Gasteiger partial charge in [0.2, 0.25) is 5.91 Å². The zero-order chi connectivity index (χ0) is 16.0. The standard InChI is InChI=1S/C12H14F3N3O3/c1-2-21-6-10(19)17-9-4-3-7(12(13,14)15)5-8(9)11(16)18-20/h3-5,20H,2,6H2,1H3,(H2,16,18)(H,17,19). The van der Waals surface area contributed by atoms with Crippen LogP contribution in [0.15, 0.2) is 23.4 Å². The fourth-order valence-corrected chi connectivity index (χ4v) is 1.48. The van der Waals surface area contributed by atoms with Crippen molar-refractivity contribution < 1.29 is 27.9 Å². The number of nitrogens with two attached hydrogens (primary N) is 1. The molecule has 21 heavy (non-hydrogen) atoms. The van der Waals surface area contributed by atoms with Crippen molar-refractivity contribution in [2.75, 3.05) is 18.5 Å². The summed E-state index contributed by atoms with van der Waals surface area (Å²) in [5.41, 5.74) is 4.10. The molecule has 0 atom stereocenters. The summed E-state index contributed by atoms with van der Waals surface area (Å²) < 4.78 is 42.8. The van der Waals surface area contributed by atoms with Gasteiger partial charge in [0.05, 0.1) is 11.3 Å². The molecule has 0 aliphatic heterocycles. The van der Waals surface area contributed by atoms with E-state index in [2.05, 4.69) is 10.5 Å². The lowest BCUT2D eigenvalue weighted by Crippen LogP contribution is -2.23. The van der Waals surface area contributed by atoms with Crippen LogP contribution in [-0.4, -0.2) is 30.2 Å². The Morgan fingerprint density at radius 1 is 1.48 bits per heavy atom. The molecule has 0 aliphatic carbocycles. The maximum Gasteiger partial charge on any atom is 0.416 e. The quantitative estimate of drug-likeness (QED) is 0.334. The number of amides is 1. The molecule has 0 fully saturated rings. The second-order valence-electron chi connectivity index (χ2n) is 3.93. The molecule has 1 aromatic rings. The van der Waals surface area contributed by atoms with E-state index in [1.807, 2.05) is 0 Å². The number of rotatable bonds is 5. The molecule has 0 heterocycles. The zero-order valence-corrected chi connectivity index (χ0v) is 11.1. The number of benzene rings is 1. The summed E-state index contributed by atoms with van der Waals surface area (Å²) in [6.45, 7) is 1.74. The second-order valence-corrected chi connectivity index (χ2v) is 3.93. The third kappa shape index (κ3) is 4.63. The lowest BCUT2D eigenvalue weighted by molar-refractivity contribution is -0.137. The van der Waals surface area contributed by atoms with E-state index in [1.165, 1.54) is 0 Å². The average Bonchev–Trinajstić information content (AvgIpc) is 2.43. The minimum absolute atomic E-state index is 0.0111. The van der Waals surface area contributed by atoms with Gasteiger partial charge in [0.1, 0.15) is 6.61 Å². The molecule has 1 rings (SSSR count). The van der Waals surface area contributed by atoms with Crippen molar-refractivity contribution in [3.63, 3.8) is 0 Å². The predicted octanol–water partition coefficient (Wildman–Crippen LogP) is 1.77. The predicted molar refractivity (Wildman–Crippen MR) is 69.1 cm³/mol. The largest absolute Gasteiger partial charge is 0.416 e. The van der Waals surface area contributed by atoms with Crippen LogP contribution in [0.1, 0.15) is 18.1 Å². The zero-order valence-electron chi connectivity index (χ0n) is 11.1. The monoisotopic (exact) mass is 305 g/mol. The van der Waals surface area contributed by atoms with Crippen molar-refractivity contribution in [1.82, 2.24) is 0 Å². The van der Waals surface area contributed by atoms with E-state index in [9.17, 15) is 18.0 Å². The van der Waals surface area contributed by atoms with Gasteiger partial charge in [-0.1, -0.05) is 5.16 Å². The summed E-state index contributed by atoms with van der Waals surface area (Å²) in [7, 11) is 0. The molecule has 0 saturated heterocycles. The molecule has 4 N–H and O–H groups in total. The van der Waals surface area contributed by atoms with Crippen LogP contribution in [0.4, 0.5) is 18.9 Å². The SMILES string of the molecule is CCOCC(=O)Nc1ccc(C(F)(F)F)cc1/C(N)=N/O. The highest BCUT2D eigenvalue weighted by Crippen LogP contribution is 2.31. The van der Waals surface area contributed by atoms with E-state index in [0.29, 0.717) is 12.7 Å². The Morgan fingerprint density at radius 3 is 2.67 bits per heavy atom. The Labute approximate surface area is 118 Å². The number of alkyl halides is 3. The number of anilines is 1. The molecule has 1 aromatic carbocycles. The van der Waals surface area contributed by atoms with Crippen LogP contribution in [0, 0.1) is 0 Å².